The highest BCUT2D eigenvalue weighted by molar-refractivity contribution is 7.86. The third kappa shape index (κ3) is 4.87. The SMILES string of the molecule is CS(=O)(=O)OC1CNC(COS(=O)(=O)c2ccc(Cl)cc2)C1=C=O. The summed E-state index contributed by atoms with van der Waals surface area (Å²) in [5.41, 5.74) is -0.0493. The number of rotatable bonds is 6. The van der Waals surface area contributed by atoms with Gasteiger partial charge in [0, 0.05) is 11.6 Å². The molecule has 132 valence electrons. The maximum Gasteiger partial charge on any atom is 0.297 e. The van der Waals surface area contributed by atoms with Gasteiger partial charge in [-0.2, -0.15) is 16.8 Å². The first-order valence-corrected chi connectivity index (χ1v) is 10.2. The van der Waals surface area contributed by atoms with Gasteiger partial charge in [-0.1, -0.05) is 11.6 Å². The van der Waals surface area contributed by atoms with Crippen LogP contribution in [0.2, 0.25) is 5.02 Å². The summed E-state index contributed by atoms with van der Waals surface area (Å²) >= 11 is 5.69. The number of halogens is 1. The van der Waals surface area contributed by atoms with E-state index < -0.39 is 39.0 Å². The number of benzene rings is 1. The second kappa shape index (κ2) is 7.32. The van der Waals surface area contributed by atoms with E-state index in [4.69, 9.17) is 20.0 Å². The highest BCUT2D eigenvalue weighted by atomic mass is 35.5. The van der Waals surface area contributed by atoms with Gasteiger partial charge in [0.25, 0.3) is 20.2 Å². The summed E-state index contributed by atoms with van der Waals surface area (Å²) < 4.78 is 56.1. The van der Waals surface area contributed by atoms with Crippen LogP contribution in [-0.2, 0) is 33.4 Å². The van der Waals surface area contributed by atoms with E-state index in [1.807, 2.05) is 0 Å². The molecule has 1 heterocycles. The average molecular weight is 396 g/mol. The zero-order chi connectivity index (χ0) is 18.0. The van der Waals surface area contributed by atoms with Crippen LogP contribution in [0.3, 0.4) is 0 Å². The molecule has 1 fully saturated rings. The van der Waals surface area contributed by atoms with Gasteiger partial charge in [-0.15, -0.1) is 0 Å². The molecule has 1 aromatic rings. The molecule has 1 N–H and O–H groups in total. The van der Waals surface area contributed by atoms with Crippen molar-refractivity contribution < 1.29 is 30.0 Å². The van der Waals surface area contributed by atoms with E-state index in [0.29, 0.717) is 5.02 Å². The van der Waals surface area contributed by atoms with E-state index in [9.17, 15) is 21.6 Å². The minimum absolute atomic E-state index is 0.0205. The van der Waals surface area contributed by atoms with Crippen LogP contribution in [0.4, 0.5) is 0 Å². The van der Waals surface area contributed by atoms with Gasteiger partial charge in [-0.25, -0.2) is 4.79 Å². The van der Waals surface area contributed by atoms with Gasteiger partial charge in [0.2, 0.25) is 0 Å². The van der Waals surface area contributed by atoms with E-state index in [0.717, 1.165) is 6.26 Å². The van der Waals surface area contributed by atoms with Crippen LogP contribution in [-0.4, -0.2) is 54.3 Å². The summed E-state index contributed by atoms with van der Waals surface area (Å²) in [5.74, 6) is 1.59. The Kier molecular flexibility index (Phi) is 5.82. The van der Waals surface area contributed by atoms with Crippen molar-refractivity contribution in [2.75, 3.05) is 19.4 Å². The molecule has 2 atom stereocenters. The third-order valence-electron chi connectivity index (χ3n) is 3.17. The van der Waals surface area contributed by atoms with Crippen LogP contribution < -0.4 is 5.32 Å². The summed E-state index contributed by atoms with van der Waals surface area (Å²) in [6, 6.07) is 4.55. The van der Waals surface area contributed by atoms with Gasteiger partial charge >= 0.3 is 0 Å². The molecule has 0 aromatic heterocycles. The maximum absolute atomic E-state index is 12.1. The van der Waals surface area contributed by atoms with Gasteiger partial charge in [0.1, 0.15) is 12.0 Å². The second-order valence-corrected chi connectivity index (χ2v) is 8.65. The molecule has 0 bridgehead atoms. The Hall–Kier alpha value is -1.26. The average Bonchev–Trinajstić information content (AvgIpc) is 2.85. The lowest BCUT2D eigenvalue weighted by Gasteiger charge is -2.12. The van der Waals surface area contributed by atoms with Crippen LogP contribution in [0.25, 0.3) is 0 Å². The summed E-state index contributed by atoms with van der Waals surface area (Å²) in [6.07, 6.45) is -0.186. The molecule has 1 saturated heterocycles. The molecule has 0 spiro atoms. The molecule has 0 saturated carbocycles. The number of hydrogen-bond acceptors (Lipinski definition) is 8. The minimum atomic E-state index is -4.05. The monoisotopic (exact) mass is 395 g/mol. The Morgan fingerprint density at radius 3 is 2.42 bits per heavy atom. The van der Waals surface area contributed by atoms with Crippen molar-refractivity contribution in [2.24, 2.45) is 0 Å². The van der Waals surface area contributed by atoms with Gasteiger partial charge in [0.05, 0.1) is 29.4 Å². The van der Waals surface area contributed by atoms with Crippen molar-refractivity contribution in [1.82, 2.24) is 5.32 Å². The number of hydrogen-bond donors (Lipinski definition) is 1. The van der Waals surface area contributed by atoms with E-state index in [1.54, 1.807) is 5.94 Å². The first-order chi connectivity index (χ1) is 11.1. The smallest absolute Gasteiger partial charge is 0.297 e. The second-order valence-electron chi connectivity index (χ2n) is 5.00. The summed E-state index contributed by atoms with van der Waals surface area (Å²) in [6.45, 7) is -0.383. The van der Waals surface area contributed by atoms with E-state index in [-0.39, 0.29) is 17.0 Å². The van der Waals surface area contributed by atoms with Gasteiger partial charge in [-0.05, 0) is 24.3 Å². The van der Waals surface area contributed by atoms with Gasteiger partial charge < -0.3 is 5.32 Å². The highest BCUT2D eigenvalue weighted by Gasteiger charge is 2.35. The lowest BCUT2D eigenvalue weighted by molar-refractivity contribution is 0.263. The Labute approximate surface area is 144 Å². The van der Waals surface area contributed by atoms with Crippen LogP contribution in [0.15, 0.2) is 34.7 Å². The molecule has 0 radical (unpaired) electrons. The topological polar surface area (TPSA) is 116 Å². The first kappa shape index (κ1) is 19.1. The molecule has 24 heavy (non-hydrogen) atoms. The fraction of sp³-hybridized carbons (Fsp3) is 0.385. The molecular formula is C13H14ClNO7S2. The number of nitrogens with one attached hydrogen (secondary N) is 1. The number of carbonyl (C=O) groups excluding carboxylic acids is 1. The standard InChI is InChI=1S/C13H14ClNO7S2/c1-23(17,18)22-13-6-15-12(11(13)7-16)8-21-24(19,20)10-4-2-9(14)3-5-10/h2-5,12-13,15H,6,8H2,1H3. The van der Waals surface area contributed by atoms with Crippen molar-refractivity contribution in [3.05, 3.63) is 34.9 Å². The van der Waals surface area contributed by atoms with E-state index in [2.05, 4.69) is 5.32 Å². The molecule has 1 aliphatic heterocycles. The molecule has 1 aromatic carbocycles. The fourth-order valence-electron chi connectivity index (χ4n) is 2.10. The minimum Gasteiger partial charge on any atom is -0.305 e. The first-order valence-electron chi connectivity index (χ1n) is 6.64. The molecule has 0 amide bonds. The molecule has 8 nitrogen and oxygen atoms in total. The van der Waals surface area contributed by atoms with Gasteiger partial charge in [-0.3, -0.25) is 8.37 Å². The summed E-state index contributed by atoms with van der Waals surface area (Å²) in [5, 5.41) is 3.14. The Morgan fingerprint density at radius 1 is 1.25 bits per heavy atom. The van der Waals surface area contributed by atoms with Gasteiger partial charge in [0.15, 0.2) is 0 Å². The van der Waals surface area contributed by atoms with E-state index in [1.165, 1.54) is 24.3 Å². The fourth-order valence-corrected chi connectivity index (χ4v) is 3.74. The summed E-state index contributed by atoms with van der Waals surface area (Å²) in [7, 11) is -7.83. The van der Waals surface area contributed by atoms with Crippen molar-refractivity contribution in [3.8, 4) is 0 Å². The van der Waals surface area contributed by atoms with Crippen LogP contribution in [0.1, 0.15) is 0 Å². The lowest BCUT2D eigenvalue weighted by atomic mass is 10.1. The molecule has 1 aliphatic rings. The van der Waals surface area contributed by atoms with Crippen molar-refractivity contribution in [2.45, 2.75) is 17.0 Å². The Balaban J connectivity index is 2.06. The normalized spacial score (nSPS) is 21.7. The maximum atomic E-state index is 12.1. The highest BCUT2D eigenvalue weighted by Crippen LogP contribution is 2.21. The quantitative estimate of drug-likeness (QED) is 0.533. The van der Waals surface area contributed by atoms with Crippen molar-refractivity contribution in [3.63, 3.8) is 0 Å². The van der Waals surface area contributed by atoms with E-state index >= 15 is 0 Å². The zero-order valence-corrected chi connectivity index (χ0v) is 14.8. The molecular weight excluding hydrogens is 382 g/mol. The molecule has 2 unspecified atom stereocenters. The molecule has 11 heteroatoms. The predicted molar refractivity (Wildman–Crippen MR) is 85.3 cm³/mol. The predicted octanol–water partition coefficient (Wildman–Crippen LogP) is 0.120. The largest absolute Gasteiger partial charge is 0.305 e. The molecule has 2 rings (SSSR count). The van der Waals surface area contributed by atoms with Crippen molar-refractivity contribution >= 4 is 37.8 Å². The van der Waals surface area contributed by atoms with Crippen LogP contribution >= 0.6 is 11.6 Å². The van der Waals surface area contributed by atoms with Crippen LogP contribution in [0, 0.1) is 0 Å². The van der Waals surface area contributed by atoms with Crippen molar-refractivity contribution in [1.29, 1.82) is 0 Å². The van der Waals surface area contributed by atoms with Crippen LogP contribution in [0.5, 0.6) is 0 Å². The molecule has 0 aliphatic carbocycles. The lowest BCUT2D eigenvalue weighted by Crippen LogP contribution is -2.29. The Morgan fingerprint density at radius 2 is 1.88 bits per heavy atom. The Bertz CT molecular complexity index is 858. The zero-order valence-electron chi connectivity index (χ0n) is 12.4. The third-order valence-corrected chi connectivity index (χ3v) is 5.30. The summed E-state index contributed by atoms with van der Waals surface area (Å²) in [4.78, 5) is 11.0.